The van der Waals surface area contributed by atoms with E-state index in [0.29, 0.717) is 0 Å². The second-order valence-electron chi connectivity index (χ2n) is 2.73. The molecule has 0 heterocycles. The van der Waals surface area contributed by atoms with Gasteiger partial charge in [-0.1, -0.05) is 18.2 Å². The SMILES string of the molecule is O=C/C=C/CCc1ccc(F)cc1. The van der Waals surface area contributed by atoms with Crippen LogP contribution in [0.25, 0.3) is 0 Å². The van der Waals surface area contributed by atoms with Crippen LogP contribution in [-0.2, 0) is 11.2 Å². The van der Waals surface area contributed by atoms with E-state index < -0.39 is 0 Å². The minimum Gasteiger partial charge on any atom is -0.299 e. The lowest BCUT2D eigenvalue weighted by Gasteiger charge is -1.96. The number of carbonyl (C=O) groups is 1. The Hall–Kier alpha value is -1.44. The summed E-state index contributed by atoms with van der Waals surface area (Å²) >= 11 is 0. The summed E-state index contributed by atoms with van der Waals surface area (Å²) in [4.78, 5) is 9.92. The van der Waals surface area contributed by atoms with E-state index in [4.69, 9.17) is 0 Å². The molecule has 0 aromatic heterocycles. The van der Waals surface area contributed by atoms with Gasteiger partial charge in [0, 0.05) is 0 Å². The highest BCUT2D eigenvalue weighted by atomic mass is 19.1. The number of halogens is 1. The molecule has 0 saturated carbocycles. The number of hydrogen-bond donors (Lipinski definition) is 0. The van der Waals surface area contributed by atoms with E-state index in [2.05, 4.69) is 0 Å². The van der Waals surface area contributed by atoms with Crippen molar-refractivity contribution in [2.75, 3.05) is 0 Å². The van der Waals surface area contributed by atoms with Crippen LogP contribution in [0.2, 0.25) is 0 Å². The molecule has 0 aliphatic heterocycles. The zero-order chi connectivity index (χ0) is 9.52. The highest BCUT2D eigenvalue weighted by Crippen LogP contribution is 2.05. The van der Waals surface area contributed by atoms with Crippen molar-refractivity contribution in [1.82, 2.24) is 0 Å². The van der Waals surface area contributed by atoms with Crippen molar-refractivity contribution in [2.45, 2.75) is 12.8 Å². The number of rotatable bonds is 4. The summed E-state index contributed by atoms with van der Waals surface area (Å²) < 4.78 is 12.5. The van der Waals surface area contributed by atoms with Crippen LogP contribution in [0.4, 0.5) is 4.39 Å². The van der Waals surface area contributed by atoms with Gasteiger partial charge in [0.15, 0.2) is 0 Å². The predicted octanol–water partition coefficient (Wildman–Crippen LogP) is 2.51. The molecule has 0 radical (unpaired) electrons. The molecular weight excluding hydrogens is 167 g/mol. The van der Waals surface area contributed by atoms with Crippen molar-refractivity contribution in [3.63, 3.8) is 0 Å². The third-order valence-electron chi connectivity index (χ3n) is 1.73. The van der Waals surface area contributed by atoms with Crippen LogP contribution in [0.15, 0.2) is 36.4 Å². The van der Waals surface area contributed by atoms with Crippen molar-refractivity contribution < 1.29 is 9.18 Å². The van der Waals surface area contributed by atoms with E-state index in [1.807, 2.05) is 0 Å². The van der Waals surface area contributed by atoms with Crippen molar-refractivity contribution >= 4 is 6.29 Å². The van der Waals surface area contributed by atoms with Crippen LogP contribution in [0.5, 0.6) is 0 Å². The van der Waals surface area contributed by atoms with Gasteiger partial charge in [0.25, 0.3) is 0 Å². The van der Waals surface area contributed by atoms with E-state index in [1.54, 1.807) is 18.2 Å². The lowest BCUT2D eigenvalue weighted by Crippen LogP contribution is -1.83. The molecule has 1 aromatic rings. The maximum atomic E-state index is 12.5. The van der Waals surface area contributed by atoms with Gasteiger partial charge in [-0.05, 0) is 36.6 Å². The van der Waals surface area contributed by atoms with Gasteiger partial charge in [0.1, 0.15) is 12.1 Å². The molecule has 0 unspecified atom stereocenters. The molecule has 0 N–H and O–H groups in total. The molecule has 0 aliphatic rings. The zero-order valence-corrected chi connectivity index (χ0v) is 7.24. The summed E-state index contributed by atoms with van der Waals surface area (Å²) in [6.07, 6.45) is 5.68. The van der Waals surface area contributed by atoms with Gasteiger partial charge >= 0.3 is 0 Å². The van der Waals surface area contributed by atoms with Crippen LogP contribution in [-0.4, -0.2) is 6.29 Å². The summed E-state index contributed by atoms with van der Waals surface area (Å²) in [5.41, 5.74) is 1.08. The second kappa shape index (κ2) is 5.25. The lowest BCUT2D eigenvalue weighted by molar-refractivity contribution is -0.104. The van der Waals surface area contributed by atoms with E-state index in [0.717, 1.165) is 24.7 Å². The molecule has 0 fully saturated rings. The third-order valence-corrected chi connectivity index (χ3v) is 1.73. The Labute approximate surface area is 76.9 Å². The molecular formula is C11H11FO. The van der Waals surface area contributed by atoms with Gasteiger partial charge in [-0.15, -0.1) is 0 Å². The molecule has 1 nitrogen and oxygen atoms in total. The normalized spacial score (nSPS) is 10.5. The Morgan fingerprint density at radius 1 is 1.23 bits per heavy atom. The summed E-state index contributed by atoms with van der Waals surface area (Å²) in [5.74, 6) is -0.216. The molecule has 0 aliphatic carbocycles. The fraction of sp³-hybridized carbons (Fsp3) is 0.182. The maximum absolute atomic E-state index is 12.5. The van der Waals surface area contributed by atoms with Crippen LogP contribution < -0.4 is 0 Å². The molecule has 0 amide bonds. The van der Waals surface area contributed by atoms with Crippen LogP contribution in [0.1, 0.15) is 12.0 Å². The topological polar surface area (TPSA) is 17.1 Å². The Bertz CT molecular complexity index is 287. The van der Waals surface area contributed by atoms with Gasteiger partial charge in [-0.3, -0.25) is 4.79 Å². The minimum absolute atomic E-state index is 0.216. The van der Waals surface area contributed by atoms with Gasteiger partial charge in [-0.2, -0.15) is 0 Å². The number of hydrogen-bond acceptors (Lipinski definition) is 1. The van der Waals surface area contributed by atoms with Crippen LogP contribution in [0, 0.1) is 5.82 Å². The quantitative estimate of drug-likeness (QED) is 0.511. The molecule has 0 atom stereocenters. The standard InChI is InChI=1S/C11H11FO/c12-11-7-5-10(6-8-11)4-2-1-3-9-13/h1,3,5-9H,2,4H2/b3-1+. The molecule has 0 saturated heterocycles. The van der Waals surface area contributed by atoms with Gasteiger partial charge in [0.2, 0.25) is 0 Å². The first-order valence-electron chi connectivity index (χ1n) is 4.17. The van der Waals surface area contributed by atoms with Crippen LogP contribution in [0.3, 0.4) is 0 Å². The molecule has 0 bridgehead atoms. The van der Waals surface area contributed by atoms with Gasteiger partial charge in [-0.25, -0.2) is 4.39 Å². The highest BCUT2D eigenvalue weighted by molar-refractivity contribution is 5.64. The molecule has 0 spiro atoms. The Kier molecular flexibility index (Phi) is 3.89. The van der Waals surface area contributed by atoms with E-state index >= 15 is 0 Å². The van der Waals surface area contributed by atoms with Crippen molar-refractivity contribution in [1.29, 1.82) is 0 Å². The van der Waals surface area contributed by atoms with E-state index in [1.165, 1.54) is 18.2 Å². The molecule has 1 aromatic carbocycles. The van der Waals surface area contributed by atoms with Crippen molar-refractivity contribution in [3.05, 3.63) is 47.8 Å². The predicted molar refractivity (Wildman–Crippen MR) is 49.9 cm³/mol. The summed E-state index contributed by atoms with van der Waals surface area (Å²) in [5, 5.41) is 0. The first kappa shape index (κ1) is 9.65. The smallest absolute Gasteiger partial charge is 0.142 e. The summed E-state index contributed by atoms with van der Waals surface area (Å²) in [7, 11) is 0. The first-order valence-corrected chi connectivity index (χ1v) is 4.17. The summed E-state index contributed by atoms with van der Waals surface area (Å²) in [6, 6.07) is 6.39. The first-order chi connectivity index (χ1) is 6.33. The Morgan fingerprint density at radius 3 is 2.54 bits per heavy atom. The van der Waals surface area contributed by atoms with E-state index in [-0.39, 0.29) is 5.82 Å². The minimum atomic E-state index is -0.216. The Balaban J connectivity index is 2.41. The van der Waals surface area contributed by atoms with Crippen molar-refractivity contribution in [2.24, 2.45) is 0 Å². The van der Waals surface area contributed by atoms with E-state index in [9.17, 15) is 9.18 Å². The average Bonchev–Trinajstić information content (AvgIpc) is 2.15. The third kappa shape index (κ3) is 3.65. The average molecular weight is 178 g/mol. The maximum Gasteiger partial charge on any atom is 0.142 e. The molecule has 13 heavy (non-hydrogen) atoms. The number of aryl methyl sites for hydroxylation is 1. The number of allylic oxidation sites excluding steroid dienone is 2. The van der Waals surface area contributed by atoms with Crippen molar-refractivity contribution in [3.8, 4) is 0 Å². The number of carbonyl (C=O) groups excluding carboxylic acids is 1. The highest BCUT2D eigenvalue weighted by Gasteiger charge is 1.91. The van der Waals surface area contributed by atoms with Gasteiger partial charge in [0.05, 0.1) is 0 Å². The fourth-order valence-electron chi connectivity index (χ4n) is 1.05. The van der Waals surface area contributed by atoms with Crippen LogP contribution >= 0.6 is 0 Å². The molecule has 2 heteroatoms. The fourth-order valence-corrected chi connectivity index (χ4v) is 1.05. The number of benzene rings is 1. The monoisotopic (exact) mass is 178 g/mol. The molecule has 68 valence electrons. The van der Waals surface area contributed by atoms with Gasteiger partial charge < -0.3 is 0 Å². The Morgan fingerprint density at radius 2 is 1.92 bits per heavy atom. The second-order valence-corrected chi connectivity index (χ2v) is 2.73. The lowest BCUT2D eigenvalue weighted by atomic mass is 10.1. The molecule has 1 rings (SSSR count). The summed E-state index contributed by atoms with van der Waals surface area (Å²) in [6.45, 7) is 0. The number of aldehydes is 1. The zero-order valence-electron chi connectivity index (χ0n) is 7.24. The largest absolute Gasteiger partial charge is 0.299 e.